The van der Waals surface area contributed by atoms with Gasteiger partial charge in [0.1, 0.15) is 11.3 Å². The zero-order chi connectivity index (χ0) is 19.7. The highest BCUT2D eigenvalue weighted by Gasteiger charge is 2.24. The SMILES string of the molecule is CCCCN1CCC(c2cnc(-n3nc(C(C)C)c4cccc(F)c43)s2)CC1. The molecular formula is C22H29FN4S. The summed E-state index contributed by atoms with van der Waals surface area (Å²) in [6.45, 7) is 9.97. The van der Waals surface area contributed by atoms with E-state index in [-0.39, 0.29) is 11.7 Å². The number of piperidine rings is 1. The van der Waals surface area contributed by atoms with E-state index in [1.807, 2.05) is 12.3 Å². The Labute approximate surface area is 170 Å². The van der Waals surface area contributed by atoms with E-state index in [9.17, 15) is 4.39 Å². The molecule has 4 nitrogen and oxygen atoms in total. The molecule has 150 valence electrons. The predicted molar refractivity (Wildman–Crippen MR) is 114 cm³/mol. The predicted octanol–water partition coefficient (Wildman–Crippen LogP) is 5.72. The molecule has 3 heterocycles. The molecule has 3 aromatic rings. The summed E-state index contributed by atoms with van der Waals surface area (Å²) in [4.78, 5) is 8.51. The van der Waals surface area contributed by atoms with Gasteiger partial charge in [-0.05, 0) is 56.8 Å². The van der Waals surface area contributed by atoms with Crippen molar-refractivity contribution in [1.82, 2.24) is 19.7 Å². The summed E-state index contributed by atoms with van der Waals surface area (Å²) in [6.07, 6.45) is 6.87. The molecule has 28 heavy (non-hydrogen) atoms. The van der Waals surface area contributed by atoms with Crippen molar-refractivity contribution in [2.24, 2.45) is 0 Å². The Morgan fingerprint density at radius 1 is 1.25 bits per heavy atom. The second kappa shape index (κ2) is 8.29. The number of rotatable bonds is 6. The summed E-state index contributed by atoms with van der Waals surface area (Å²) < 4.78 is 16.3. The van der Waals surface area contributed by atoms with Gasteiger partial charge in [0.15, 0.2) is 0 Å². The molecule has 0 aliphatic carbocycles. The first kappa shape index (κ1) is 19.5. The number of fused-ring (bicyclic) bond motifs is 1. The maximum atomic E-state index is 14.6. The maximum absolute atomic E-state index is 14.6. The quantitative estimate of drug-likeness (QED) is 0.530. The van der Waals surface area contributed by atoms with Gasteiger partial charge in [0.25, 0.3) is 0 Å². The molecule has 1 aromatic carbocycles. The Kier molecular flexibility index (Phi) is 5.78. The van der Waals surface area contributed by atoms with Crippen LogP contribution in [0.3, 0.4) is 0 Å². The largest absolute Gasteiger partial charge is 0.303 e. The smallest absolute Gasteiger partial charge is 0.211 e. The van der Waals surface area contributed by atoms with Crippen molar-refractivity contribution in [3.05, 3.63) is 40.8 Å². The summed E-state index contributed by atoms with van der Waals surface area (Å²) in [5.41, 5.74) is 1.47. The normalized spacial score (nSPS) is 16.5. The van der Waals surface area contributed by atoms with Crippen LogP contribution in [0.15, 0.2) is 24.4 Å². The summed E-state index contributed by atoms with van der Waals surface area (Å²) in [7, 11) is 0. The Bertz CT molecular complexity index is 937. The van der Waals surface area contributed by atoms with Gasteiger partial charge in [-0.1, -0.05) is 50.7 Å². The first-order valence-corrected chi connectivity index (χ1v) is 11.3. The summed E-state index contributed by atoms with van der Waals surface area (Å²) in [6, 6.07) is 5.22. The minimum Gasteiger partial charge on any atom is -0.303 e. The highest BCUT2D eigenvalue weighted by molar-refractivity contribution is 7.14. The third-order valence-electron chi connectivity index (χ3n) is 5.74. The summed E-state index contributed by atoms with van der Waals surface area (Å²) in [5.74, 6) is 0.552. The molecule has 2 aromatic heterocycles. The molecule has 0 N–H and O–H groups in total. The van der Waals surface area contributed by atoms with Gasteiger partial charge in [-0.3, -0.25) is 0 Å². The van der Waals surface area contributed by atoms with Crippen LogP contribution in [0.5, 0.6) is 0 Å². The number of aromatic nitrogens is 3. The number of halogens is 1. The van der Waals surface area contributed by atoms with Crippen molar-refractivity contribution in [3.8, 4) is 5.13 Å². The van der Waals surface area contributed by atoms with Crippen molar-refractivity contribution >= 4 is 22.2 Å². The molecule has 1 fully saturated rings. The molecule has 1 aliphatic heterocycles. The second-order valence-corrected chi connectivity index (χ2v) is 9.14. The second-order valence-electron chi connectivity index (χ2n) is 8.10. The molecule has 0 unspecified atom stereocenters. The van der Waals surface area contributed by atoms with Gasteiger partial charge < -0.3 is 4.90 Å². The van der Waals surface area contributed by atoms with Crippen LogP contribution < -0.4 is 0 Å². The van der Waals surface area contributed by atoms with Crippen LogP contribution in [0.1, 0.15) is 68.9 Å². The lowest BCUT2D eigenvalue weighted by atomic mass is 9.95. The van der Waals surface area contributed by atoms with Crippen LogP contribution in [0.4, 0.5) is 4.39 Å². The van der Waals surface area contributed by atoms with Crippen molar-refractivity contribution in [3.63, 3.8) is 0 Å². The van der Waals surface area contributed by atoms with Gasteiger partial charge in [0.2, 0.25) is 5.13 Å². The number of likely N-dealkylation sites (tertiary alicyclic amines) is 1. The van der Waals surface area contributed by atoms with E-state index in [2.05, 4.69) is 30.7 Å². The molecule has 0 radical (unpaired) electrons. The average molecular weight is 401 g/mol. The number of nitrogens with zero attached hydrogens (tertiary/aromatic N) is 4. The van der Waals surface area contributed by atoms with Crippen LogP contribution in [0.25, 0.3) is 16.0 Å². The minimum atomic E-state index is -0.238. The monoisotopic (exact) mass is 400 g/mol. The maximum Gasteiger partial charge on any atom is 0.211 e. The fourth-order valence-corrected chi connectivity index (χ4v) is 5.14. The molecule has 1 saturated heterocycles. The fourth-order valence-electron chi connectivity index (χ4n) is 4.10. The first-order valence-electron chi connectivity index (χ1n) is 10.4. The third kappa shape index (κ3) is 3.72. The van der Waals surface area contributed by atoms with Crippen LogP contribution in [0.2, 0.25) is 0 Å². The topological polar surface area (TPSA) is 34.0 Å². The highest BCUT2D eigenvalue weighted by Crippen LogP contribution is 2.35. The standard InChI is InChI=1S/C22H29FN4S/c1-4-5-11-26-12-9-16(10-13-26)19-14-24-22(28-19)27-21-17(7-6-8-18(21)23)20(25-27)15(2)3/h6-8,14-16H,4-5,9-13H2,1-3H3. The van der Waals surface area contributed by atoms with E-state index in [0.717, 1.165) is 29.3 Å². The number of thiazole rings is 1. The van der Waals surface area contributed by atoms with Crippen LogP contribution in [-0.4, -0.2) is 39.3 Å². The summed E-state index contributed by atoms with van der Waals surface area (Å²) >= 11 is 1.66. The molecular weight excluding hydrogens is 371 g/mol. The lowest BCUT2D eigenvalue weighted by molar-refractivity contribution is 0.210. The van der Waals surface area contributed by atoms with Gasteiger partial charge in [-0.2, -0.15) is 5.10 Å². The summed E-state index contributed by atoms with van der Waals surface area (Å²) in [5, 5.41) is 6.39. The Balaban J connectivity index is 1.59. The molecule has 4 rings (SSSR count). The molecule has 0 atom stereocenters. The third-order valence-corrected chi connectivity index (χ3v) is 6.87. The van der Waals surface area contributed by atoms with Crippen molar-refractivity contribution in [2.75, 3.05) is 19.6 Å². The first-order chi connectivity index (χ1) is 13.6. The van der Waals surface area contributed by atoms with E-state index in [1.54, 1.807) is 22.1 Å². The Morgan fingerprint density at radius 3 is 2.75 bits per heavy atom. The zero-order valence-corrected chi connectivity index (χ0v) is 17.8. The molecule has 1 aliphatic rings. The van der Waals surface area contributed by atoms with E-state index in [0.29, 0.717) is 11.4 Å². The van der Waals surface area contributed by atoms with Gasteiger partial charge >= 0.3 is 0 Å². The molecule has 6 heteroatoms. The van der Waals surface area contributed by atoms with Gasteiger partial charge in [-0.25, -0.2) is 14.1 Å². The van der Waals surface area contributed by atoms with Crippen molar-refractivity contribution < 1.29 is 4.39 Å². The van der Waals surface area contributed by atoms with Crippen molar-refractivity contribution in [2.45, 2.75) is 58.3 Å². The van der Waals surface area contributed by atoms with Gasteiger partial charge in [0.05, 0.1) is 5.69 Å². The number of hydrogen-bond acceptors (Lipinski definition) is 4. The number of benzene rings is 1. The van der Waals surface area contributed by atoms with Crippen LogP contribution in [-0.2, 0) is 0 Å². The Hall–Kier alpha value is -1.79. The van der Waals surface area contributed by atoms with E-state index in [4.69, 9.17) is 5.10 Å². The molecule has 0 saturated carbocycles. The van der Waals surface area contributed by atoms with Crippen LogP contribution in [0, 0.1) is 5.82 Å². The minimum absolute atomic E-state index is 0.234. The number of para-hydroxylation sites is 1. The molecule has 0 amide bonds. The van der Waals surface area contributed by atoms with Crippen LogP contribution >= 0.6 is 11.3 Å². The highest BCUT2D eigenvalue weighted by atomic mass is 32.1. The average Bonchev–Trinajstić information content (AvgIpc) is 3.32. The lowest BCUT2D eigenvalue weighted by Gasteiger charge is -2.31. The number of hydrogen-bond donors (Lipinski definition) is 0. The van der Waals surface area contributed by atoms with E-state index >= 15 is 0 Å². The fraction of sp³-hybridized carbons (Fsp3) is 0.545. The van der Waals surface area contributed by atoms with Crippen molar-refractivity contribution in [1.29, 1.82) is 0 Å². The zero-order valence-electron chi connectivity index (χ0n) is 17.0. The Morgan fingerprint density at radius 2 is 2.04 bits per heavy atom. The van der Waals surface area contributed by atoms with Gasteiger partial charge in [0, 0.05) is 16.5 Å². The molecule has 0 spiro atoms. The van der Waals surface area contributed by atoms with E-state index in [1.165, 1.54) is 43.2 Å². The molecule has 0 bridgehead atoms. The number of unbranched alkanes of at least 4 members (excludes halogenated alkanes) is 1. The van der Waals surface area contributed by atoms with E-state index < -0.39 is 0 Å². The lowest BCUT2D eigenvalue weighted by Crippen LogP contribution is -2.33. The van der Waals surface area contributed by atoms with Gasteiger partial charge in [-0.15, -0.1) is 0 Å².